The van der Waals surface area contributed by atoms with E-state index < -0.39 is 0 Å². The van der Waals surface area contributed by atoms with Crippen molar-refractivity contribution in [2.75, 3.05) is 11.5 Å². The minimum Gasteiger partial charge on any atom is -0.494 e. The van der Waals surface area contributed by atoms with Crippen LogP contribution in [0.25, 0.3) is 28.0 Å². The first kappa shape index (κ1) is 24.3. The number of anilines is 1. The monoisotopic (exact) mass is 523 g/mol. The van der Waals surface area contributed by atoms with Crippen LogP contribution >= 0.6 is 11.8 Å². The fourth-order valence-electron chi connectivity index (χ4n) is 5.17. The number of aromatic nitrogens is 4. The van der Waals surface area contributed by atoms with E-state index in [1.165, 1.54) is 17.3 Å². The van der Waals surface area contributed by atoms with Crippen molar-refractivity contribution in [3.05, 3.63) is 84.6 Å². The Morgan fingerprint density at radius 3 is 2.66 bits per heavy atom. The highest BCUT2D eigenvalue weighted by Gasteiger charge is 2.34. The molecule has 3 heterocycles. The summed E-state index contributed by atoms with van der Waals surface area (Å²) in [7, 11) is 0. The highest BCUT2D eigenvalue weighted by Crippen LogP contribution is 2.37. The summed E-state index contributed by atoms with van der Waals surface area (Å²) in [4.78, 5) is 19.0. The Morgan fingerprint density at radius 2 is 1.84 bits per heavy atom. The Kier molecular flexibility index (Phi) is 6.41. The second-order valence-electron chi connectivity index (χ2n) is 9.47. The summed E-state index contributed by atoms with van der Waals surface area (Å²) >= 11 is 1.43. The first-order valence-electron chi connectivity index (χ1n) is 12.9. The normalized spacial score (nSPS) is 15.6. The molecule has 1 amide bonds. The molecule has 0 unspecified atom stereocenters. The summed E-state index contributed by atoms with van der Waals surface area (Å²) < 4.78 is 7.69. The van der Waals surface area contributed by atoms with E-state index in [4.69, 9.17) is 4.74 Å². The molecule has 8 heteroatoms. The standard InChI is InChI=1S/C30H29N5O2S/c1-4-37-23-15-13-22(14-16-23)35-28(25-18-31-26-11-7-6-10-24(25)26)32-33-30(35)38-20(3)29(36)34-19(2)17-21-9-5-8-12-27(21)34/h5-16,18-20,31H,4,17H2,1-3H3/t19-,20+/m1/s1. The van der Waals surface area contributed by atoms with Crippen molar-refractivity contribution in [3.8, 4) is 22.8 Å². The number of carbonyl (C=O) groups is 1. The van der Waals surface area contributed by atoms with Crippen molar-refractivity contribution in [3.63, 3.8) is 0 Å². The van der Waals surface area contributed by atoms with Crippen molar-refractivity contribution >= 4 is 34.3 Å². The fourth-order valence-corrected chi connectivity index (χ4v) is 6.09. The number of rotatable bonds is 7. The molecule has 7 nitrogen and oxygen atoms in total. The van der Waals surface area contributed by atoms with Gasteiger partial charge in [0.2, 0.25) is 5.91 Å². The van der Waals surface area contributed by atoms with Gasteiger partial charge < -0.3 is 14.6 Å². The Labute approximate surface area is 225 Å². The molecule has 2 atom stereocenters. The number of hydrogen-bond acceptors (Lipinski definition) is 5. The van der Waals surface area contributed by atoms with Crippen LogP contribution in [0.1, 0.15) is 26.3 Å². The molecule has 1 N–H and O–H groups in total. The van der Waals surface area contributed by atoms with E-state index in [0.29, 0.717) is 17.6 Å². The fraction of sp³-hybridized carbons (Fsp3) is 0.233. The van der Waals surface area contributed by atoms with Crippen LogP contribution in [0.4, 0.5) is 5.69 Å². The quantitative estimate of drug-likeness (QED) is 0.254. The average molecular weight is 524 g/mol. The number of H-pyrrole nitrogens is 1. The Morgan fingerprint density at radius 1 is 1.08 bits per heavy atom. The molecule has 0 saturated heterocycles. The molecular formula is C30H29N5O2S. The van der Waals surface area contributed by atoms with Gasteiger partial charge in [0, 0.05) is 40.1 Å². The molecule has 192 valence electrons. The lowest BCUT2D eigenvalue weighted by molar-refractivity contribution is -0.118. The largest absolute Gasteiger partial charge is 0.494 e. The molecule has 0 fully saturated rings. The predicted molar refractivity (Wildman–Crippen MR) is 152 cm³/mol. The van der Waals surface area contributed by atoms with E-state index in [9.17, 15) is 4.79 Å². The minimum atomic E-state index is -0.356. The number of fused-ring (bicyclic) bond motifs is 2. The second kappa shape index (κ2) is 10.0. The Balaban J connectivity index is 1.38. The molecule has 5 aromatic rings. The maximum atomic E-state index is 13.7. The lowest BCUT2D eigenvalue weighted by atomic mass is 10.1. The van der Waals surface area contributed by atoms with Crippen LogP contribution in [0.3, 0.4) is 0 Å². The van der Waals surface area contributed by atoms with E-state index in [0.717, 1.165) is 40.0 Å². The smallest absolute Gasteiger partial charge is 0.240 e. The Hall–Kier alpha value is -4.04. The Bertz CT molecular complexity index is 1610. The van der Waals surface area contributed by atoms with Gasteiger partial charge in [0.25, 0.3) is 0 Å². The maximum Gasteiger partial charge on any atom is 0.240 e. The third kappa shape index (κ3) is 4.24. The van der Waals surface area contributed by atoms with Crippen LogP contribution in [0, 0.1) is 0 Å². The lowest BCUT2D eigenvalue weighted by Crippen LogP contribution is -2.40. The van der Waals surface area contributed by atoms with E-state index in [-0.39, 0.29) is 17.2 Å². The number of para-hydroxylation sites is 2. The van der Waals surface area contributed by atoms with Gasteiger partial charge in [-0.2, -0.15) is 0 Å². The van der Waals surface area contributed by atoms with E-state index in [1.807, 2.05) is 90.2 Å². The molecule has 38 heavy (non-hydrogen) atoms. The number of carbonyl (C=O) groups excluding carboxylic acids is 1. The molecule has 1 aliphatic rings. The lowest BCUT2D eigenvalue weighted by Gasteiger charge is -2.25. The van der Waals surface area contributed by atoms with Gasteiger partial charge in [-0.15, -0.1) is 10.2 Å². The van der Waals surface area contributed by atoms with Gasteiger partial charge in [-0.25, -0.2) is 0 Å². The van der Waals surface area contributed by atoms with Crippen molar-refractivity contribution in [2.45, 2.75) is 43.6 Å². The summed E-state index contributed by atoms with van der Waals surface area (Å²) in [5, 5.41) is 10.6. The van der Waals surface area contributed by atoms with Crippen molar-refractivity contribution in [2.24, 2.45) is 0 Å². The number of nitrogens with zero attached hydrogens (tertiary/aromatic N) is 4. The van der Waals surface area contributed by atoms with Crippen molar-refractivity contribution in [1.29, 1.82) is 0 Å². The summed E-state index contributed by atoms with van der Waals surface area (Å²) in [6.07, 6.45) is 2.83. The third-order valence-corrected chi connectivity index (χ3v) is 7.97. The van der Waals surface area contributed by atoms with Crippen molar-refractivity contribution < 1.29 is 9.53 Å². The topological polar surface area (TPSA) is 76.0 Å². The molecule has 6 rings (SSSR count). The summed E-state index contributed by atoms with van der Waals surface area (Å²) in [5.74, 6) is 1.59. The predicted octanol–water partition coefficient (Wildman–Crippen LogP) is 6.27. The highest BCUT2D eigenvalue weighted by atomic mass is 32.2. The maximum absolute atomic E-state index is 13.7. The highest BCUT2D eigenvalue weighted by molar-refractivity contribution is 8.00. The van der Waals surface area contributed by atoms with Crippen LogP contribution in [0.2, 0.25) is 0 Å². The zero-order valence-electron chi connectivity index (χ0n) is 21.6. The molecule has 0 aliphatic carbocycles. The number of thioether (sulfide) groups is 1. The SMILES string of the molecule is CCOc1ccc(-n2c(S[C@@H](C)C(=O)N3c4ccccc4C[C@H]3C)nnc2-c2c[nH]c3ccccc23)cc1. The molecule has 0 spiro atoms. The van der Waals surface area contributed by atoms with Gasteiger partial charge in [-0.1, -0.05) is 48.2 Å². The number of amides is 1. The number of ether oxygens (including phenoxy) is 1. The van der Waals surface area contributed by atoms with Crippen LogP contribution in [-0.4, -0.2) is 43.6 Å². The molecule has 0 bridgehead atoms. The molecule has 1 aliphatic heterocycles. The van der Waals surface area contributed by atoms with Crippen LogP contribution < -0.4 is 9.64 Å². The van der Waals surface area contributed by atoms with E-state index in [1.54, 1.807) is 0 Å². The first-order chi connectivity index (χ1) is 18.5. The summed E-state index contributed by atoms with van der Waals surface area (Å²) in [6, 6.07) is 24.3. The van der Waals surface area contributed by atoms with Gasteiger partial charge in [-0.05, 0) is 69.2 Å². The molecule has 0 radical (unpaired) electrons. The van der Waals surface area contributed by atoms with Gasteiger partial charge in [0.15, 0.2) is 11.0 Å². The number of hydrogen-bond donors (Lipinski definition) is 1. The number of aromatic amines is 1. The van der Waals surface area contributed by atoms with Crippen LogP contribution in [0.5, 0.6) is 5.75 Å². The van der Waals surface area contributed by atoms with E-state index >= 15 is 0 Å². The van der Waals surface area contributed by atoms with Gasteiger partial charge in [0.05, 0.1) is 11.9 Å². The number of benzene rings is 3. The number of nitrogens with one attached hydrogen (secondary N) is 1. The van der Waals surface area contributed by atoms with E-state index in [2.05, 4.69) is 34.2 Å². The molecular weight excluding hydrogens is 494 g/mol. The first-order valence-corrected chi connectivity index (χ1v) is 13.8. The van der Waals surface area contributed by atoms with Crippen LogP contribution in [0.15, 0.2) is 84.1 Å². The van der Waals surface area contributed by atoms with Crippen molar-refractivity contribution in [1.82, 2.24) is 19.7 Å². The zero-order chi connectivity index (χ0) is 26.2. The van der Waals surface area contributed by atoms with Gasteiger partial charge >= 0.3 is 0 Å². The molecule has 2 aromatic heterocycles. The zero-order valence-corrected chi connectivity index (χ0v) is 22.4. The molecule has 3 aromatic carbocycles. The van der Waals surface area contributed by atoms with Crippen LogP contribution in [-0.2, 0) is 11.2 Å². The third-order valence-electron chi connectivity index (χ3n) is 6.94. The average Bonchev–Trinajstić information content (AvgIpc) is 3.63. The minimum absolute atomic E-state index is 0.0716. The van der Waals surface area contributed by atoms with Gasteiger partial charge in [-0.3, -0.25) is 9.36 Å². The second-order valence-corrected chi connectivity index (χ2v) is 10.8. The van der Waals surface area contributed by atoms with Gasteiger partial charge in [0.1, 0.15) is 5.75 Å². The summed E-state index contributed by atoms with van der Waals surface area (Å²) in [6.45, 7) is 6.62. The molecule has 0 saturated carbocycles. The summed E-state index contributed by atoms with van der Waals surface area (Å²) in [5.41, 5.74) is 5.11.